The van der Waals surface area contributed by atoms with E-state index < -0.39 is 0 Å². The second kappa shape index (κ2) is 8.56. The number of pyridine rings is 1. The summed E-state index contributed by atoms with van der Waals surface area (Å²) in [5.41, 5.74) is 3.87. The standard InChI is InChI=1S/C25H30N4O3S/c1-25(2,3)13-19-22-17(12-18(15-4-5-15)27-24(22)32-28-19)23(31)26-9-6-21(30)29-10-7-20-16(14-29)8-11-33-20/h8,11-12,15H,4-7,9-10,13-14H2,1-3H3,(H,26,31). The first-order valence-corrected chi connectivity index (χ1v) is 12.6. The maximum atomic E-state index is 13.2. The van der Waals surface area contributed by atoms with Gasteiger partial charge in [0.05, 0.1) is 16.6 Å². The van der Waals surface area contributed by atoms with E-state index in [1.54, 1.807) is 11.3 Å². The first-order valence-electron chi connectivity index (χ1n) is 11.7. The highest BCUT2D eigenvalue weighted by Crippen LogP contribution is 2.41. The Kier molecular flexibility index (Phi) is 5.72. The zero-order chi connectivity index (χ0) is 23.2. The lowest BCUT2D eigenvalue weighted by molar-refractivity contribution is -0.131. The molecule has 4 heterocycles. The summed E-state index contributed by atoms with van der Waals surface area (Å²) in [6.45, 7) is 8.09. The number of hydrogen-bond acceptors (Lipinski definition) is 6. The molecule has 5 rings (SSSR count). The molecule has 0 atom stereocenters. The summed E-state index contributed by atoms with van der Waals surface area (Å²) in [5.74, 6) is 0.262. The van der Waals surface area contributed by atoms with Gasteiger partial charge < -0.3 is 14.7 Å². The molecule has 0 radical (unpaired) electrons. The third kappa shape index (κ3) is 4.81. The van der Waals surface area contributed by atoms with Crippen LogP contribution in [0.15, 0.2) is 22.0 Å². The molecule has 1 N–H and O–H groups in total. The molecule has 1 aliphatic carbocycles. The summed E-state index contributed by atoms with van der Waals surface area (Å²) in [7, 11) is 0. The SMILES string of the molecule is CC(C)(C)Cc1noc2nc(C3CC3)cc(C(=O)NCCC(=O)N3CCc4sccc4C3)c12. The third-order valence-electron chi connectivity index (χ3n) is 6.26. The van der Waals surface area contributed by atoms with E-state index in [2.05, 4.69) is 47.7 Å². The predicted molar refractivity (Wildman–Crippen MR) is 127 cm³/mol. The van der Waals surface area contributed by atoms with Crippen LogP contribution in [0, 0.1) is 5.41 Å². The fourth-order valence-electron chi connectivity index (χ4n) is 4.42. The molecule has 7 nitrogen and oxygen atoms in total. The summed E-state index contributed by atoms with van der Waals surface area (Å²) >= 11 is 1.76. The van der Waals surface area contributed by atoms with Crippen molar-refractivity contribution in [1.82, 2.24) is 20.4 Å². The highest BCUT2D eigenvalue weighted by Gasteiger charge is 2.30. The number of amides is 2. The van der Waals surface area contributed by atoms with Crippen molar-refractivity contribution in [3.63, 3.8) is 0 Å². The summed E-state index contributed by atoms with van der Waals surface area (Å²) in [5, 5.41) is 9.99. The van der Waals surface area contributed by atoms with Crippen LogP contribution < -0.4 is 5.32 Å². The Bertz CT molecular complexity index is 1200. The summed E-state index contributed by atoms with van der Waals surface area (Å²) in [4.78, 5) is 33.9. The minimum absolute atomic E-state index is 0.00407. The van der Waals surface area contributed by atoms with Gasteiger partial charge in [-0.15, -0.1) is 11.3 Å². The molecule has 3 aromatic heterocycles. The molecule has 0 unspecified atom stereocenters. The molecular formula is C25H30N4O3S. The van der Waals surface area contributed by atoms with Gasteiger partial charge in [0.1, 0.15) is 0 Å². The second-order valence-corrected chi connectivity index (χ2v) is 11.4. The molecule has 0 saturated heterocycles. The molecule has 1 fully saturated rings. The highest BCUT2D eigenvalue weighted by molar-refractivity contribution is 7.10. The van der Waals surface area contributed by atoms with Gasteiger partial charge in [-0.25, -0.2) is 4.98 Å². The van der Waals surface area contributed by atoms with E-state index in [1.165, 1.54) is 10.4 Å². The largest absolute Gasteiger partial charge is 0.351 e. The van der Waals surface area contributed by atoms with Gasteiger partial charge in [-0.1, -0.05) is 25.9 Å². The quantitative estimate of drug-likeness (QED) is 0.580. The summed E-state index contributed by atoms with van der Waals surface area (Å²) < 4.78 is 5.55. The lowest BCUT2D eigenvalue weighted by Gasteiger charge is -2.27. The minimum atomic E-state index is -0.200. The van der Waals surface area contributed by atoms with Gasteiger partial charge in [-0.3, -0.25) is 9.59 Å². The first kappa shape index (κ1) is 22.1. The molecule has 0 bridgehead atoms. The van der Waals surface area contributed by atoms with Crippen molar-refractivity contribution in [3.05, 3.63) is 44.9 Å². The Morgan fingerprint density at radius 1 is 1.30 bits per heavy atom. The van der Waals surface area contributed by atoms with Crippen molar-refractivity contribution in [1.29, 1.82) is 0 Å². The average molecular weight is 467 g/mol. The van der Waals surface area contributed by atoms with Crippen molar-refractivity contribution < 1.29 is 14.1 Å². The Labute approximate surface area is 197 Å². The van der Waals surface area contributed by atoms with Gasteiger partial charge in [0, 0.05) is 42.5 Å². The molecule has 174 valence electrons. The number of carbonyl (C=O) groups is 2. The van der Waals surface area contributed by atoms with E-state index >= 15 is 0 Å². The van der Waals surface area contributed by atoms with Crippen LogP contribution in [0.3, 0.4) is 0 Å². The molecule has 2 aliphatic rings. The van der Waals surface area contributed by atoms with E-state index in [4.69, 9.17) is 4.52 Å². The van der Waals surface area contributed by atoms with Gasteiger partial charge in [0.15, 0.2) is 0 Å². The monoisotopic (exact) mass is 466 g/mol. The highest BCUT2D eigenvalue weighted by atomic mass is 32.1. The van der Waals surface area contributed by atoms with Gasteiger partial charge in [-0.05, 0) is 54.2 Å². The maximum Gasteiger partial charge on any atom is 0.259 e. The van der Waals surface area contributed by atoms with Crippen LogP contribution in [-0.2, 0) is 24.2 Å². The van der Waals surface area contributed by atoms with Crippen molar-refractivity contribution in [2.45, 2.75) is 65.3 Å². The molecule has 1 aliphatic heterocycles. The first-order chi connectivity index (χ1) is 15.8. The zero-order valence-electron chi connectivity index (χ0n) is 19.4. The average Bonchev–Trinajstić information content (AvgIpc) is 3.39. The minimum Gasteiger partial charge on any atom is -0.351 e. The van der Waals surface area contributed by atoms with Crippen LogP contribution in [0.5, 0.6) is 0 Å². The molecule has 0 spiro atoms. The van der Waals surface area contributed by atoms with E-state index in [0.29, 0.717) is 42.1 Å². The number of fused-ring (bicyclic) bond motifs is 2. The number of hydrogen-bond donors (Lipinski definition) is 1. The Hall–Kier alpha value is -2.74. The Balaban J connectivity index is 1.29. The maximum absolute atomic E-state index is 13.2. The lowest BCUT2D eigenvalue weighted by Crippen LogP contribution is -2.37. The topological polar surface area (TPSA) is 88.3 Å². The molecule has 2 amide bonds. The number of aromatic nitrogens is 2. The number of thiophene rings is 1. The van der Waals surface area contributed by atoms with Gasteiger partial charge >= 0.3 is 0 Å². The van der Waals surface area contributed by atoms with Crippen LogP contribution in [0.2, 0.25) is 0 Å². The van der Waals surface area contributed by atoms with Crippen LogP contribution in [0.4, 0.5) is 0 Å². The van der Waals surface area contributed by atoms with E-state index in [9.17, 15) is 9.59 Å². The van der Waals surface area contributed by atoms with E-state index in [-0.39, 0.29) is 23.7 Å². The molecule has 33 heavy (non-hydrogen) atoms. The molecular weight excluding hydrogens is 436 g/mol. The second-order valence-electron chi connectivity index (χ2n) is 10.4. The van der Waals surface area contributed by atoms with Crippen LogP contribution in [0.1, 0.15) is 78.1 Å². The Morgan fingerprint density at radius 2 is 2.12 bits per heavy atom. The fraction of sp³-hybridized carbons (Fsp3) is 0.520. The fourth-order valence-corrected chi connectivity index (χ4v) is 5.31. The number of carbonyl (C=O) groups excluding carboxylic acids is 2. The van der Waals surface area contributed by atoms with Gasteiger partial charge in [0.25, 0.3) is 11.6 Å². The van der Waals surface area contributed by atoms with Crippen LogP contribution in [0.25, 0.3) is 11.1 Å². The Morgan fingerprint density at radius 3 is 2.88 bits per heavy atom. The van der Waals surface area contributed by atoms with Crippen LogP contribution in [-0.4, -0.2) is 39.9 Å². The van der Waals surface area contributed by atoms with E-state index in [0.717, 1.165) is 37.2 Å². The number of rotatable bonds is 6. The van der Waals surface area contributed by atoms with Crippen molar-refractivity contribution >= 4 is 34.3 Å². The summed E-state index contributed by atoms with van der Waals surface area (Å²) in [6, 6.07) is 3.99. The van der Waals surface area contributed by atoms with Crippen molar-refractivity contribution in [3.8, 4) is 0 Å². The third-order valence-corrected chi connectivity index (χ3v) is 7.28. The van der Waals surface area contributed by atoms with Crippen molar-refractivity contribution in [2.75, 3.05) is 13.1 Å². The van der Waals surface area contributed by atoms with Gasteiger partial charge in [-0.2, -0.15) is 0 Å². The molecule has 0 aromatic carbocycles. The lowest BCUT2D eigenvalue weighted by atomic mass is 9.89. The van der Waals surface area contributed by atoms with E-state index in [1.807, 2.05) is 11.0 Å². The molecule has 3 aromatic rings. The number of nitrogens with zero attached hydrogens (tertiary/aromatic N) is 3. The predicted octanol–water partition coefficient (Wildman–Crippen LogP) is 4.46. The zero-order valence-corrected chi connectivity index (χ0v) is 20.3. The van der Waals surface area contributed by atoms with Crippen LogP contribution >= 0.6 is 11.3 Å². The number of nitrogens with one attached hydrogen (secondary N) is 1. The normalized spacial score (nSPS) is 16.2. The summed E-state index contributed by atoms with van der Waals surface area (Å²) in [6.07, 6.45) is 4.04. The van der Waals surface area contributed by atoms with Gasteiger partial charge in [0.2, 0.25) is 5.91 Å². The smallest absolute Gasteiger partial charge is 0.259 e. The molecule has 1 saturated carbocycles. The molecule has 8 heteroatoms. The van der Waals surface area contributed by atoms with Crippen molar-refractivity contribution in [2.24, 2.45) is 5.41 Å².